The van der Waals surface area contributed by atoms with Crippen molar-refractivity contribution in [1.29, 1.82) is 0 Å². The van der Waals surface area contributed by atoms with Crippen molar-refractivity contribution in [3.8, 4) is 0 Å². The van der Waals surface area contributed by atoms with Crippen LogP contribution < -0.4 is 5.32 Å². The second-order valence-corrected chi connectivity index (χ2v) is 3.08. The molecule has 0 saturated carbocycles. The van der Waals surface area contributed by atoms with Crippen molar-refractivity contribution < 1.29 is 18.3 Å². The van der Waals surface area contributed by atoms with Crippen molar-refractivity contribution in [3.05, 3.63) is 0 Å². The molecule has 1 fully saturated rings. The minimum absolute atomic E-state index is 0.0608. The SMILES string of the molecule is OC[C@@H]1CCNC[C@@H]1C(F)(F)F. The summed E-state index contributed by atoms with van der Waals surface area (Å²) < 4.78 is 36.7. The third-order valence-electron chi connectivity index (χ3n) is 2.28. The summed E-state index contributed by atoms with van der Waals surface area (Å²) >= 11 is 0. The number of alkyl halides is 3. The lowest BCUT2D eigenvalue weighted by Gasteiger charge is -2.32. The number of rotatable bonds is 1. The third kappa shape index (κ3) is 2.10. The van der Waals surface area contributed by atoms with Gasteiger partial charge in [-0.25, -0.2) is 0 Å². The Hall–Kier alpha value is -0.290. The van der Waals surface area contributed by atoms with Crippen molar-refractivity contribution in [2.75, 3.05) is 19.7 Å². The maximum Gasteiger partial charge on any atom is 0.393 e. The van der Waals surface area contributed by atoms with E-state index in [0.29, 0.717) is 13.0 Å². The van der Waals surface area contributed by atoms with Gasteiger partial charge in [0.05, 0.1) is 5.92 Å². The Bertz CT molecular complexity index is 148. The van der Waals surface area contributed by atoms with E-state index in [1.165, 1.54) is 0 Å². The van der Waals surface area contributed by atoms with Crippen LogP contribution in [-0.4, -0.2) is 31.0 Å². The highest BCUT2D eigenvalue weighted by atomic mass is 19.4. The lowest BCUT2D eigenvalue weighted by atomic mass is 9.87. The van der Waals surface area contributed by atoms with Gasteiger partial charge in [0.25, 0.3) is 0 Å². The zero-order chi connectivity index (χ0) is 9.19. The molecular formula is C7H12F3NO. The highest BCUT2D eigenvalue weighted by molar-refractivity contribution is 4.82. The van der Waals surface area contributed by atoms with Crippen LogP contribution in [0.25, 0.3) is 0 Å². The van der Waals surface area contributed by atoms with Gasteiger partial charge in [0, 0.05) is 13.2 Å². The van der Waals surface area contributed by atoms with Crippen molar-refractivity contribution in [2.45, 2.75) is 12.6 Å². The highest BCUT2D eigenvalue weighted by Crippen LogP contribution is 2.34. The molecule has 0 aromatic rings. The fraction of sp³-hybridized carbons (Fsp3) is 1.00. The summed E-state index contributed by atoms with van der Waals surface area (Å²) in [5.74, 6) is -2.00. The summed E-state index contributed by atoms with van der Waals surface area (Å²) in [6.45, 7) is 0.137. The summed E-state index contributed by atoms with van der Waals surface area (Å²) in [5, 5.41) is 11.4. The summed E-state index contributed by atoms with van der Waals surface area (Å²) in [4.78, 5) is 0. The van der Waals surface area contributed by atoms with Gasteiger partial charge < -0.3 is 10.4 Å². The fourth-order valence-electron chi connectivity index (χ4n) is 1.51. The monoisotopic (exact) mass is 183 g/mol. The van der Waals surface area contributed by atoms with Gasteiger partial charge in [-0.3, -0.25) is 0 Å². The first-order valence-electron chi connectivity index (χ1n) is 3.94. The van der Waals surface area contributed by atoms with Crippen molar-refractivity contribution in [3.63, 3.8) is 0 Å². The van der Waals surface area contributed by atoms with Gasteiger partial charge in [-0.1, -0.05) is 0 Å². The Morgan fingerprint density at radius 3 is 2.50 bits per heavy atom. The van der Waals surface area contributed by atoms with E-state index in [0.717, 1.165) is 0 Å². The van der Waals surface area contributed by atoms with Crippen LogP contribution in [-0.2, 0) is 0 Å². The molecule has 12 heavy (non-hydrogen) atoms. The molecule has 2 N–H and O–H groups in total. The number of aliphatic hydroxyl groups is 1. The Morgan fingerprint density at radius 1 is 1.42 bits per heavy atom. The number of aliphatic hydroxyl groups excluding tert-OH is 1. The molecule has 1 heterocycles. The Morgan fingerprint density at radius 2 is 2.08 bits per heavy atom. The number of halogens is 3. The predicted octanol–water partition coefficient (Wildman–Crippen LogP) is 0.767. The first-order chi connectivity index (χ1) is 5.55. The molecule has 0 aliphatic carbocycles. The molecule has 0 bridgehead atoms. The molecule has 1 aliphatic rings. The summed E-state index contributed by atoms with van der Waals surface area (Å²) in [5.41, 5.74) is 0. The van der Waals surface area contributed by atoms with Gasteiger partial charge in [-0.05, 0) is 18.9 Å². The van der Waals surface area contributed by atoms with E-state index in [9.17, 15) is 13.2 Å². The minimum atomic E-state index is -4.18. The zero-order valence-corrected chi connectivity index (χ0v) is 6.56. The number of hydrogen-bond donors (Lipinski definition) is 2. The Kier molecular flexibility index (Phi) is 2.95. The molecule has 0 unspecified atom stereocenters. The standard InChI is InChI=1S/C7H12F3NO/c8-7(9,10)6-3-11-2-1-5(6)4-12/h5-6,11-12H,1-4H2/t5-,6-/m0/s1. The van der Waals surface area contributed by atoms with E-state index in [1.54, 1.807) is 0 Å². The molecule has 0 spiro atoms. The largest absolute Gasteiger partial charge is 0.396 e. The molecule has 2 atom stereocenters. The lowest BCUT2D eigenvalue weighted by molar-refractivity contribution is -0.195. The minimum Gasteiger partial charge on any atom is -0.396 e. The van der Waals surface area contributed by atoms with E-state index in [2.05, 4.69) is 5.32 Å². The molecule has 0 aromatic carbocycles. The van der Waals surface area contributed by atoms with E-state index in [-0.39, 0.29) is 13.2 Å². The summed E-state index contributed by atoms with van der Waals surface area (Å²) in [6.07, 6.45) is -3.78. The first kappa shape index (κ1) is 9.80. The van der Waals surface area contributed by atoms with Crippen LogP contribution >= 0.6 is 0 Å². The van der Waals surface area contributed by atoms with Crippen LogP contribution in [0, 0.1) is 11.8 Å². The molecule has 0 aromatic heterocycles. The van der Waals surface area contributed by atoms with E-state index in [4.69, 9.17) is 5.11 Å². The van der Waals surface area contributed by atoms with Gasteiger partial charge in [0.15, 0.2) is 0 Å². The Balaban J connectivity index is 2.59. The molecule has 0 radical (unpaired) electrons. The van der Waals surface area contributed by atoms with Crippen LogP contribution in [0.5, 0.6) is 0 Å². The van der Waals surface area contributed by atoms with Gasteiger partial charge in [0.1, 0.15) is 0 Å². The smallest absolute Gasteiger partial charge is 0.393 e. The third-order valence-corrected chi connectivity index (χ3v) is 2.28. The summed E-state index contributed by atoms with van der Waals surface area (Å²) in [6, 6.07) is 0. The number of piperidine rings is 1. The van der Waals surface area contributed by atoms with Crippen molar-refractivity contribution in [1.82, 2.24) is 5.32 Å². The van der Waals surface area contributed by atoms with Gasteiger partial charge in [0.2, 0.25) is 0 Å². The van der Waals surface area contributed by atoms with Crippen molar-refractivity contribution >= 4 is 0 Å². The quantitative estimate of drug-likeness (QED) is 0.629. The molecule has 1 saturated heterocycles. The van der Waals surface area contributed by atoms with E-state index < -0.39 is 18.0 Å². The van der Waals surface area contributed by atoms with E-state index in [1.807, 2.05) is 0 Å². The Labute approximate surface area is 68.8 Å². The van der Waals surface area contributed by atoms with Crippen LogP contribution in [0.15, 0.2) is 0 Å². The lowest BCUT2D eigenvalue weighted by Crippen LogP contribution is -2.45. The maximum atomic E-state index is 12.2. The number of nitrogens with one attached hydrogen (secondary N) is 1. The van der Waals surface area contributed by atoms with Crippen LogP contribution in [0.2, 0.25) is 0 Å². The zero-order valence-electron chi connectivity index (χ0n) is 6.56. The van der Waals surface area contributed by atoms with Crippen LogP contribution in [0.3, 0.4) is 0 Å². The van der Waals surface area contributed by atoms with Crippen molar-refractivity contribution in [2.24, 2.45) is 11.8 Å². The molecular weight excluding hydrogens is 171 g/mol. The highest BCUT2D eigenvalue weighted by Gasteiger charge is 2.45. The van der Waals surface area contributed by atoms with Gasteiger partial charge in [-0.15, -0.1) is 0 Å². The van der Waals surface area contributed by atoms with Gasteiger partial charge in [-0.2, -0.15) is 13.2 Å². The second-order valence-electron chi connectivity index (χ2n) is 3.08. The first-order valence-corrected chi connectivity index (χ1v) is 3.94. The topological polar surface area (TPSA) is 32.3 Å². The van der Waals surface area contributed by atoms with Gasteiger partial charge >= 0.3 is 6.18 Å². The van der Waals surface area contributed by atoms with Crippen LogP contribution in [0.4, 0.5) is 13.2 Å². The normalized spacial score (nSPS) is 32.0. The number of hydrogen-bond acceptors (Lipinski definition) is 2. The molecule has 1 rings (SSSR count). The predicted molar refractivity (Wildman–Crippen MR) is 37.6 cm³/mol. The average Bonchev–Trinajstić information content (AvgIpc) is 2.03. The molecule has 72 valence electrons. The average molecular weight is 183 g/mol. The molecule has 2 nitrogen and oxygen atoms in total. The maximum absolute atomic E-state index is 12.2. The molecule has 0 amide bonds. The van der Waals surface area contributed by atoms with E-state index >= 15 is 0 Å². The molecule has 5 heteroatoms. The second kappa shape index (κ2) is 3.62. The fourth-order valence-corrected chi connectivity index (χ4v) is 1.51. The van der Waals surface area contributed by atoms with Crippen LogP contribution in [0.1, 0.15) is 6.42 Å². The summed E-state index contributed by atoms with van der Waals surface area (Å²) in [7, 11) is 0. The molecule has 1 aliphatic heterocycles.